The molecule has 2 bridgehead atoms. The van der Waals surface area contributed by atoms with Crippen molar-refractivity contribution in [1.29, 1.82) is 0 Å². The highest BCUT2D eigenvalue weighted by Crippen LogP contribution is 2.44. The minimum Gasteiger partial charge on any atom is -0.313 e. The number of fused-ring (bicyclic) bond motifs is 2. The Bertz CT molecular complexity index is 423. The summed E-state index contributed by atoms with van der Waals surface area (Å²) in [7, 11) is -3.00. The number of nitrogens with one attached hydrogen (secondary N) is 1. The minimum absolute atomic E-state index is 0.502. The molecule has 3 rings (SSSR count). The van der Waals surface area contributed by atoms with Crippen molar-refractivity contribution in [2.45, 2.75) is 44.6 Å². The summed E-state index contributed by atoms with van der Waals surface area (Å²) in [6, 6.07) is 0.715. The molecule has 5 heteroatoms. The highest BCUT2D eigenvalue weighted by Gasteiger charge is 2.39. The van der Waals surface area contributed by atoms with Crippen LogP contribution >= 0.6 is 0 Å². The number of hydrogen-bond donors (Lipinski definition) is 1. The maximum atomic E-state index is 11.6. The van der Waals surface area contributed by atoms with Gasteiger partial charge < -0.3 is 5.32 Å². The molecule has 0 aromatic heterocycles. The van der Waals surface area contributed by atoms with E-state index in [1.165, 1.54) is 38.4 Å². The van der Waals surface area contributed by atoms with Crippen LogP contribution in [0, 0.1) is 17.8 Å². The maximum absolute atomic E-state index is 11.6. The summed E-state index contributed by atoms with van der Waals surface area (Å²) < 4.78 is 24.9. The number of hydrogen-bond acceptors (Lipinski definition) is 3. The van der Waals surface area contributed by atoms with Crippen LogP contribution < -0.4 is 5.32 Å². The lowest BCUT2D eigenvalue weighted by atomic mass is 9.93. The van der Waals surface area contributed by atoms with E-state index >= 15 is 0 Å². The topological polar surface area (TPSA) is 49.4 Å². The summed E-state index contributed by atoms with van der Waals surface area (Å²) in [6.07, 6.45) is 9.14. The first-order valence-corrected chi connectivity index (χ1v) is 9.55. The molecule has 1 N–H and O–H groups in total. The molecule has 0 aromatic carbocycles. The van der Waals surface area contributed by atoms with Crippen molar-refractivity contribution >= 4 is 10.0 Å². The van der Waals surface area contributed by atoms with Crippen LogP contribution in [0.4, 0.5) is 0 Å². The predicted octanol–water partition coefficient (Wildman–Crippen LogP) is 1.44. The fourth-order valence-electron chi connectivity index (χ4n) is 4.31. The van der Waals surface area contributed by atoms with Crippen molar-refractivity contribution < 1.29 is 8.42 Å². The van der Waals surface area contributed by atoms with E-state index < -0.39 is 10.0 Å². The van der Waals surface area contributed by atoms with E-state index in [0.29, 0.717) is 25.0 Å². The second kappa shape index (κ2) is 5.34. The molecule has 19 heavy (non-hydrogen) atoms. The van der Waals surface area contributed by atoms with Crippen LogP contribution in [0.25, 0.3) is 0 Å². The van der Waals surface area contributed by atoms with E-state index in [4.69, 9.17) is 0 Å². The Morgan fingerprint density at radius 1 is 1.21 bits per heavy atom. The second-order valence-electron chi connectivity index (χ2n) is 6.82. The molecule has 0 aromatic rings. The van der Waals surface area contributed by atoms with Crippen molar-refractivity contribution in [2.24, 2.45) is 17.8 Å². The van der Waals surface area contributed by atoms with E-state index in [-0.39, 0.29) is 0 Å². The first-order valence-electron chi connectivity index (χ1n) is 7.71. The third kappa shape index (κ3) is 3.14. The Balaban J connectivity index is 1.48. The van der Waals surface area contributed by atoms with Crippen LogP contribution in [0.1, 0.15) is 38.5 Å². The lowest BCUT2D eigenvalue weighted by Gasteiger charge is -2.32. The van der Waals surface area contributed by atoms with Crippen LogP contribution in [0.2, 0.25) is 0 Å². The minimum atomic E-state index is -3.00. The highest BCUT2D eigenvalue weighted by molar-refractivity contribution is 7.88. The van der Waals surface area contributed by atoms with Crippen molar-refractivity contribution in [3.05, 3.63) is 0 Å². The van der Waals surface area contributed by atoms with E-state index in [0.717, 1.165) is 24.8 Å². The number of sulfonamides is 1. The molecule has 2 saturated carbocycles. The lowest BCUT2D eigenvalue weighted by Crippen LogP contribution is -2.44. The molecule has 0 radical (unpaired) electrons. The zero-order valence-corrected chi connectivity index (χ0v) is 12.7. The number of rotatable bonds is 4. The molecule has 110 valence electrons. The molecule has 0 spiro atoms. The Morgan fingerprint density at radius 2 is 2.05 bits per heavy atom. The van der Waals surface area contributed by atoms with E-state index in [1.807, 2.05) is 0 Å². The van der Waals surface area contributed by atoms with Crippen LogP contribution in [0.3, 0.4) is 0 Å². The molecule has 2 aliphatic carbocycles. The lowest BCUT2D eigenvalue weighted by molar-refractivity contribution is 0.243. The van der Waals surface area contributed by atoms with Crippen molar-refractivity contribution in [3.63, 3.8) is 0 Å². The van der Waals surface area contributed by atoms with Gasteiger partial charge in [0.25, 0.3) is 0 Å². The van der Waals surface area contributed by atoms with E-state index in [9.17, 15) is 8.42 Å². The molecular weight excluding hydrogens is 260 g/mol. The molecular formula is C14H26N2O2S. The van der Waals surface area contributed by atoms with Gasteiger partial charge in [-0.05, 0) is 56.4 Å². The van der Waals surface area contributed by atoms with Crippen LogP contribution in [0.5, 0.6) is 0 Å². The van der Waals surface area contributed by atoms with E-state index in [1.54, 1.807) is 4.31 Å². The van der Waals surface area contributed by atoms with Gasteiger partial charge in [0.2, 0.25) is 10.0 Å². The molecule has 3 fully saturated rings. The van der Waals surface area contributed by atoms with Gasteiger partial charge in [0, 0.05) is 19.1 Å². The van der Waals surface area contributed by atoms with Gasteiger partial charge in [-0.1, -0.05) is 6.42 Å². The summed E-state index contributed by atoms with van der Waals surface area (Å²) in [6.45, 7) is 2.43. The Morgan fingerprint density at radius 3 is 2.68 bits per heavy atom. The highest BCUT2D eigenvalue weighted by atomic mass is 32.2. The first-order chi connectivity index (χ1) is 9.02. The zero-order chi connectivity index (χ0) is 13.5. The van der Waals surface area contributed by atoms with Gasteiger partial charge in [-0.2, -0.15) is 0 Å². The van der Waals surface area contributed by atoms with Gasteiger partial charge in [0.1, 0.15) is 0 Å². The summed E-state index contributed by atoms with van der Waals surface area (Å²) >= 11 is 0. The van der Waals surface area contributed by atoms with Crippen LogP contribution in [0.15, 0.2) is 0 Å². The SMILES string of the molecule is CS(=O)(=O)N1CCCC(CNC2CC3CCC2C3)C1. The number of piperidine rings is 1. The Labute approximate surface area is 117 Å². The van der Waals surface area contributed by atoms with Crippen LogP contribution in [-0.2, 0) is 10.0 Å². The molecule has 1 saturated heterocycles. The smallest absolute Gasteiger partial charge is 0.211 e. The summed E-state index contributed by atoms with van der Waals surface area (Å²) in [5.74, 6) is 2.38. The fraction of sp³-hybridized carbons (Fsp3) is 1.00. The van der Waals surface area contributed by atoms with Gasteiger partial charge in [-0.3, -0.25) is 0 Å². The standard InChI is InChI=1S/C14H26N2O2S/c1-19(17,18)16-6-2-3-12(10-16)9-15-14-8-11-4-5-13(14)7-11/h11-15H,2-10H2,1H3. The molecule has 1 aliphatic heterocycles. The molecule has 3 aliphatic rings. The van der Waals surface area contributed by atoms with Gasteiger partial charge in [-0.25, -0.2) is 12.7 Å². The quantitative estimate of drug-likeness (QED) is 0.851. The number of nitrogens with zero attached hydrogens (tertiary/aromatic N) is 1. The van der Waals surface area contributed by atoms with Crippen LogP contribution in [-0.4, -0.2) is 44.7 Å². The third-order valence-corrected chi connectivity index (χ3v) is 6.63. The van der Waals surface area contributed by atoms with E-state index in [2.05, 4.69) is 5.32 Å². The van der Waals surface area contributed by atoms with Gasteiger partial charge in [0.05, 0.1) is 6.26 Å². The average Bonchev–Trinajstić information content (AvgIpc) is 2.98. The van der Waals surface area contributed by atoms with Gasteiger partial charge in [-0.15, -0.1) is 0 Å². The zero-order valence-electron chi connectivity index (χ0n) is 11.8. The third-order valence-electron chi connectivity index (χ3n) is 5.36. The van der Waals surface area contributed by atoms with Crippen molar-refractivity contribution in [2.75, 3.05) is 25.9 Å². The summed E-state index contributed by atoms with van der Waals surface area (Å²) in [5, 5.41) is 3.73. The van der Waals surface area contributed by atoms with Crippen molar-refractivity contribution in [3.8, 4) is 0 Å². The summed E-state index contributed by atoms with van der Waals surface area (Å²) in [5.41, 5.74) is 0. The molecule has 1 heterocycles. The predicted molar refractivity (Wildman–Crippen MR) is 76.4 cm³/mol. The van der Waals surface area contributed by atoms with Gasteiger partial charge in [0.15, 0.2) is 0 Å². The maximum Gasteiger partial charge on any atom is 0.211 e. The summed E-state index contributed by atoms with van der Waals surface area (Å²) in [4.78, 5) is 0. The monoisotopic (exact) mass is 286 g/mol. The molecule has 4 unspecified atom stereocenters. The van der Waals surface area contributed by atoms with Gasteiger partial charge >= 0.3 is 0 Å². The molecule has 4 nitrogen and oxygen atoms in total. The largest absolute Gasteiger partial charge is 0.313 e. The Hall–Kier alpha value is -0.130. The molecule has 0 amide bonds. The molecule has 4 atom stereocenters. The first kappa shape index (κ1) is 13.8. The Kier molecular flexibility index (Phi) is 3.89. The second-order valence-corrected chi connectivity index (χ2v) is 8.80. The normalized spacial score (nSPS) is 39.8. The fourth-order valence-corrected chi connectivity index (χ4v) is 5.25. The average molecular weight is 286 g/mol. The van der Waals surface area contributed by atoms with Crippen molar-refractivity contribution in [1.82, 2.24) is 9.62 Å².